The van der Waals surface area contributed by atoms with Crippen LogP contribution in [0.15, 0.2) is 58.5 Å². The minimum absolute atomic E-state index is 0.0211. The van der Waals surface area contributed by atoms with Crippen molar-refractivity contribution in [2.24, 2.45) is 44.8 Å². The van der Waals surface area contributed by atoms with Crippen LogP contribution in [0.1, 0.15) is 36.8 Å². The Morgan fingerprint density at radius 3 is 1.26 bits per heavy atom. The lowest BCUT2D eigenvalue weighted by atomic mass is 9.81. The minimum atomic E-state index is -0.111. The average molecular weight is 465 g/mol. The molecule has 0 aromatic heterocycles. The Kier molecular flexibility index (Phi) is 8.44. The van der Waals surface area contributed by atoms with Crippen molar-refractivity contribution in [1.29, 1.82) is 0 Å². The number of guanidine groups is 2. The fraction of sp³-hybridized carbons (Fsp3) is 0.333. The van der Waals surface area contributed by atoms with Gasteiger partial charge in [-0.3, -0.25) is 9.59 Å². The van der Waals surface area contributed by atoms with Crippen LogP contribution in [0.4, 0.5) is 11.4 Å². The summed E-state index contributed by atoms with van der Waals surface area (Å²) in [6, 6.07) is 14.8. The van der Waals surface area contributed by atoms with E-state index in [0.717, 1.165) is 22.5 Å². The molecule has 180 valence electrons. The second-order valence-corrected chi connectivity index (χ2v) is 8.40. The Morgan fingerprint density at radius 2 is 0.971 bits per heavy atom. The highest BCUT2D eigenvalue weighted by Gasteiger charge is 2.30. The lowest BCUT2D eigenvalue weighted by Gasteiger charge is -2.27. The molecule has 0 unspecified atom stereocenters. The molecule has 0 bridgehead atoms. The second kappa shape index (κ2) is 11.7. The number of carbonyl (C=O) groups excluding carboxylic acids is 2. The molecule has 2 aromatic carbocycles. The number of nitrogens with zero attached hydrogens (tertiary/aromatic N) is 2. The summed E-state index contributed by atoms with van der Waals surface area (Å²) in [5.74, 6) is -0.182. The lowest BCUT2D eigenvalue weighted by molar-refractivity contribution is -0.125. The Morgan fingerprint density at radius 1 is 0.647 bits per heavy atom. The quantitative estimate of drug-likeness (QED) is 0.254. The Balaban J connectivity index is 1.44. The topological polar surface area (TPSA) is 187 Å². The van der Waals surface area contributed by atoms with Crippen LogP contribution in [0.2, 0.25) is 0 Å². The Hall–Kier alpha value is -4.08. The zero-order valence-corrected chi connectivity index (χ0v) is 19.0. The number of nitrogens with two attached hydrogens (primary N) is 4. The molecule has 1 aliphatic carbocycles. The van der Waals surface area contributed by atoms with Crippen LogP contribution in [-0.4, -0.2) is 23.7 Å². The van der Waals surface area contributed by atoms with Gasteiger partial charge in [0.2, 0.25) is 11.8 Å². The third-order valence-corrected chi connectivity index (χ3v) is 5.80. The summed E-state index contributed by atoms with van der Waals surface area (Å²) in [7, 11) is 0. The fourth-order valence-corrected chi connectivity index (χ4v) is 3.86. The zero-order chi connectivity index (χ0) is 24.5. The summed E-state index contributed by atoms with van der Waals surface area (Å²) in [5.41, 5.74) is 24.7. The maximum atomic E-state index is 12.7. The van der Waals surface area contributed by atoms with Gasteiger partial charge < -0.3 is 33.6 Å². The van der Waals surface area contributed by atoms with Crippen LogP contribution >= 0.6 is 0 Å². The molecule has 3 rings (SSSR count). The van der Waals surface area contributed by atoms with Crippen molar-refractivity contribution in [2.45, 2.75) is 38.8 Å². The van der Waals surface area contributed by atoms with E-state index in [0.29, 0.717) is 38.8 Å². The van der Waals surface area contributed by atoms with Gasteiger partial charge in [0.05, 0.1) is 13.1 Å². The van der Waals surface area contributed by atoms with E-state index >= 15 is 0 Å². The molecular formula is C24H32N8O2. The van der Waals surface area contributed by atoms with Gasteiger partial charge in [0.15, 0.2) is 11.9 Å². The number of benzene rings is 2. The molecule has 2 amide bonds. The molecule has 1 fully saturated rings. The summed E-state index contributed by atoms with van der Waals surface area (Å²) in [6.07, 6.45) is 2.68. The van der Waals surface area contributed by atoms with Crippen LogP contribution < -0.4 is 33.6 Å². The molecule has 0 radical (unpaired) electrons. The summed E-state index contributed by atoms with van der Waals surface area (Å²) in [6.45, 7) is 0.787. The summed E-state index contributed by atoms with van der Waals surface area (Å²) < 4.78 is 0. The predicted molar refractivity (Wildman–Crippen MR) is 135 cm³/mol. The number of carbonyl (C=O) groups is 2. The van der Waals surface area contributed by atoms with Gasteiger partial charge in [0.1, 0.15) is 0 Å². The highest BCUT2D eigenvalue weighted by molar-refractivity contribution is 5.94. The predicted octanol–water partition coefficient (Wildman–Crippen LogP) is 1.62. The molecule has 1 saturated carbocycles. The van der Waals surface area contributed by atoms with E-state index in [2.05, 4.69) is 20.6 Å². The van der Waals surface area contributed by atoms with E-state index in [1.54, 1.807) is 0 Å². The first-order valence-corrected chi connectivity index (χ1v) is 11.2. The number of rotatable bonds is 8. The van der Waals surface area contributed by atoms with Crippen molar-refractivity contribution in [3.63, 3.8) is 0 Å². The van der Waals surface area contributed by atoms with Gasteiger partial charge >= 0.3 is 0 Å². The van der Waals surface area contributed by atoms with Gasteiger partial charge in [-0.2, -0.15) is 0 Å². The van der Waals surface area contributed by atoms with Crippen LogP contribution in [0.25, 0.3) is 0 Å². The molecule has 10 nitrogen and oxygen atoms in total. The van der Waals surface area contributed by atoms with Gasteiger partial charge in [-0.25, -0.2) is 9.98 Å². The highest BCUT2D eigenvalue weighted by Crippen LogP contribution is 2.30. The zero-order valence-electron chi connectivity index (χ0n) is 19.0. The SMILES string of the molecule is NC(N)=NCc1ccc(NC(=O)C2CCC(C(=O)Nc3ccc(CN=C(N)N)cc3)CC2)cc1. The van der Waals surface area contributed by atoms with Crippen LogP contribution in [0.3, 0.4) is 0 Å². The molecule has 2 aromatic rings. The van der Waals surface area contributed by atoms with E-state index in [9.17, 15) is 9.59 Å². The Labute approximate surface area is 198 Å². The lowest BCUT2D eigenvalue weighted by Crippen LogP contribution is -2.32. The van der Waals surface area contributed by atoms with Crippen molar-refractivity contribution >= 4 is 35.1 Å². The molecule has 0 saturated heterocycles. The highest BCUT2D eigenvalue weighted by atomic mass is 16.2. The number of hydrogen-bond donors (Lipinski definition) is 6. The van der Waals surface area contributed by atoms with Crippen molar-refractivity contribution in [3.05, 3.63) is 59.7 Å². The van der Waals surface area contributed by atoms with Crippen molar-refractivity contribution in [1.82, 2.24) is 0 Å². The molecule has 34 heavy (non-hydrogen) atoms. The largest absolute Gasteiger partial charge is 0.370 e. The number of aliphatic imine (C=N–C) groups is 2. The first-order chi connectivity index (χ1) is 16.3. The number of anilines is 2. The molecule has 0 heterocycles. The monoisotopic (exact) mass is 464 g/mol. The third kappa shape index (κ3) is 7.51. The first kappa shape index (κ1) is 24.6. The van der Waals surface area contributed by atoms with Gasteiger partial charge in [0.25, 0.3) is 0 Å². The maximum Gasteiger partial charge on any atom is 0.227 e. The van der Waals surface area contributed by atoms with Crippen molar-refractivity contribution in [3.8, 4) is 0 Å². The Bertz CT molecular complexity index is 946. The van der Waals surface area contributed by atoms with Crippen molar-refractivity contribution in [2.75, 3.05) is 10.6 Å². The van der Waals surface area contributed by atoms with E-state index in [4.69, 9.17) is 22.9 Å². The number of amides is 2. The van der Waals surface area contributed by atoms with Crippen LogP contribution in [0, 0.1) is 11.8 Å². The fourth-order valence-electron chi connectivity index (χ4n) is 3.86. The van der Waals surface area contributed by atoms with Gasteiger partial charge in [-0.1, -0.05) is 24.3 Å². The molecule has 10 N–H and O–H groups in total. The van der Waals surface area contributed by atoms with Gasteiger partial charge in [-0.15, -0.1) is 0 Å². The summed E-state index contributed by atoms with van der Waals surface area (Å²) in [5, 5.41) is 5.92. The maximum absolute atomic E-state index is 12.7. The van der Waals surface area contributed by atoms with Gasteiger partial charge in [0, 0.05) is 23.2 Å². The van der Waals surface area contributed by atoms with E-state index < -0.39 is 0 Å². The molecule has 0 spiro atoms. The standard InChI is InChI=1S/C24H32N8O2/c25-23(26)29-13-15-1-9-19(10-2-15)31-21(33)17-5-7-18(8-6-17)22(34)32-20-11-3-16(4-12-20)14-30-24(27)28/h1-4,9-12,17-18H,5-8,13-14H2,(H,31,33)(H,32,34)(H4,25,26,29)(H4,27,28,30). The number of nitrogens with one attached hydrogen (secondary N) is 2. The first-order valence-electron chi connectivity index (χ1n) is 11.2. The van der Waals surface area contributed by atoms with Crippen LogP contribution in [0.5, 0.6) is 0 Å². The van der Waals surface area contributed by atoms with Crippen molar-refractivity contribution < 1.29 is 9.59 Å². The average Bonchev–Trinajstić information content (AvgIpc) is 2.83. The third-order valence-electron chi connectivity index (χ3n) is 5.80. The van der Waals surface area contributed by atoms with E-state index in [1.807, 2.05) is 48.5 Å². The molecule has 10 heteroatoms. The summed E-state index contributed by atoms with van der Waals surface area (Å²) in [4.78, 5) is 33.3. The van der Waals surface area contributed by atoms with E-state index in [-0.39, 0.29) is 35.6 Å². The summed E-state index contributed by atoms with van der Waals surface area (Å²) >= 11 is 0. The molecular weight excluding hydrogens is 432 g/mol. The second-order valence-electron chi connectivity index (χ2n) is 8.40. The van der Waals surface area contributed by atoms with Crippen LogP contribution in [-0.2, 0) is 22.7 Å². The molecule has 0 atom stereocenters. The van der Waals surface area contributed by atoms with Gasteiger partial charge in [-0.05, 0) is 61.1 Å². The normalized spacial score (nSPS) is 17.3. The molecule has 1 aliphatic rings. The minimum Gasteiger partial charge on any atom is -0.370 e. The van der Waals surface area contributed by atoms with E-state index in [1.165, 1.54) is 0 Å². The number of hydrogen-bond acceptors (Lipinski definition) is 4. The molecule has 0 aliphatic heterocycles. The smallest absolute Gasteiger partial charge is 0.227 e.